The Bertz CT molecular complexity index is 757. The number of hydrogen-bond donors (Lipinski definition) is 1. The Balaban J connectivity index is 1.70. The summed E-state index contributed by atoms with van der Waals surface area (Å²) in [4.78, 5) is 30.6. The van der Waals surface area contributed by atoms with Gasteiger partial charge in [0.1, 0.15) is 0 Å². The second kappa shape index (κ2) is 7.03. The predicted octanol–water partition coefficient (Wildman–Crippen LogP) is 2.58. The minimum Gasteiger partial charge on any atom is -0.377 e. The zero-order valence-electron chi connectivity index (χ0n) is 14.4. The molecule has 1 N–H and O–H groups in total. The molecule has 0 aliphatic carbocycles. The van der Waals surface area contributed by atoms with Gasteiger partial charge in [-0.2, -0.15) is 0 Å². The number of nitrogens with zero attached hydrogens (tertiary/aromatic N) is 2. The highest BCUT2D eigenvalue weighted by atomic mass is 16.5. The van der Waals surface area contributed by atoms with E-state index < -0.39 is 0 Å². The summed E-state index contributed by atoms with van der Waals surface area (Å²) in [6, 6.07) is 10.2. The van der Waals surface area contributed by atoms with E-state index in [0.29, 0.717) is 36.6 Å². The molecule has 0 atom stereocenters. The van der Waals surface area contributed by atoms with Crippen molar-refractivity contribution in [1.82, 2.24) is 9.88 Å². The smallest absolute Gasteiger partial charge is 0.255 e. The molecule has 0 radical (unpaired) electrons. The highest BCUT2D eigenvalue weighted by molar-refractivity contribution is 6.04. The van der Waals surface area contributed by atoms with E-state index in [2.05, 4.69) is 10.3 Å². The van der Waals surface area contributed by atoms with E-state index in [1.54, 1.807) is 48.8 Å². The first-order valence-corrected chi connectivity index (χ1v) is 8.18. The molecular weight excluding hydrogens is 318 g/mol. The Morgan fingerprint density at radius 2 is 1.76 bits per heavy atom. The number of ether oxygens (including phenoxy) is 1. The molecule has 25 heavy (non-hydrogen) atoms. The van der Waals surface area contributed by atoms with Gasteiger partial charge in [0.15, 0.2) is 0 Å². The maximum atomic E-state index is 12.7. The summed E-state index contributed by atoms with van der Waals surface area (Å²) in [5.74, 6) is -0.240. The van der Waals surface area contributed by atoms with Crippen LogP contribution in [-0.2, 0) is 4.74 Å². The van der Waals surface area contributed by atoms with Crippen molar-refractivity contribution in [2.45, 2.75) is 19.4 Å². The molecule has 6 nitrogen and oxygen atoms in total. The van der Waals surface area contributed by atoms with E-state index in [9.17, 15) is 9.59 Å². The fourth-order valence-corrected chi connectivity index (χ4v) is 2.79. The molecule has 3 rings (SSSR count). The summed E-state index contributed by atoms with van der Waals surface area (Å²) < 4.78 is 5.46. The molecule has 1 saturated heterocycles. The third-order valence-electron chi connectivity index (χ3n) is 4.22. The second-order valence-electron chi connectivity index (χ2n) is 6.59. The molecule has 0 unspecified atom stereocenters. The summed E-state index contributed by atoms with van der Waals surface area (Å²) in [6.45, 7) is 5.64. The zero-order valence-corrected chi connectivity index (χ0v) is 14.4. The lowest BCUT2D eigenvalue weighted by Crippen LogP contribution is -2.55. The lowest BCUT2D eigenvalue weighted by molar-refractivity contribution is -0.0370. The van der Waals surface area contributed by atoms with Crippen LogP contribution in [-0.4, -0.2) is 47.0 Å². The van der Waals surface area contributed by atoms with Crippen molar-refractivity contribution in [3.05, 3.63) is 59.9 Å². The lowest BCUT2D eigenvalue weighted by Gasteiger charge is -2.42. The number of anilines is 1. The van der Waals surface area contributed by atoms with Crippen molar-refractivity contribution in [1.29, 1.82) is 0 Å². The normalized spacial score (nSPS) is 16.3. The number of amides is 2. The summed E-state index contributed by atoms with van der Waals surface area (Å²) in [5.41, 5.74) is 1.44. The van der Waals surface area contributed by atoms with Crippen LogP contribution in [0.4, 0.5) is 5.69 Å². The highest BCUT2D eigenvalue weighted by Crippen LogP contribution is 2.22. The van der Waals surface area contributed by atoms with Crippen molar-refractivity contribution in [2.24, 2.45) is 0 Å². The van der Waals surface area contributed by atoms with E-state index in [-0.39, 0.29) is 17.4 Å². The molecule has 0 bridgehead atoms. The van der Waals surface area contributed by atoms with Crippen molar-refractivity contribution >= 4 is 17.5 Å². The minimum absolute atomic E-state index is 0.0275. The maximum Gasteiger partial charge on any atom is 0.255 e. The molecule has 0 spiro atoms. The van der Waals surface area contributed by atoms with Gasteiger partial charge in [0, 0.05) is 35.8 Å². The molecule has 2 heterocycles. The summed E-state index contributed by atoms with van der Waals surface area (Å²) in [5, 5.41) is 2.81. The molecule has 6 heteroatoms. The molecule has 1 fully saturated rings. The monoisotopic (exact) mass is 339 g/mol. The highest BCUT2D eigenvalue weighted by Gasteiger charge is 2.34. The molecule has 1 aliphatic heterocycles. The van der Waals surface area contributed by atoms with Gasteiger partial charge in [-0.05, 0) is 50.2 Å². The van der Waals surface area contributed by atoms with Crippen molar-refractivity contribution in [3.63, 3.8) is 0 Å². The van der Waals surface area contributed by atoms with E-state index >= 15 is 0 Å². The molecule has 130 valence electrons. The van der Waals surface area contributed by atoms with Crippen LogP contribution in [0.25, 0.3) is 0 Å². The summed E-state index contributed by atoms with van der Waals surface area (Å²) >= 11 is 0. The largest absolute Gasteiger partial charge is 0.377 e. The quantitative estimate of drug-likeness (QED) is 0.933. The topological polar surface area (TPSA) is 71.5 Å². The van der Waals surface area contributed by atoms with E-state index in [1.165, 1.54) is 0 Å². The summed E-state index contributed by atoms with van der Waals surface area (Å²) in [7, 11) is 0. The van der Waals surface area contributed by atoms with Crippen LogP contribution in [0.3, 0.4) is 0 Å². The van der Waals surface area contributed by atoms with Crippen LogP contribution in [0.5, 0.6) is 0 Å². The predicted molar refractivity (Wildman–Crippen MR) is 94.6 cm³/mol. The molecule has 2 amide bonds. The molecule has 1 aromatic carbocycles. The number of carbonyl (C=O) groups excluding carboxylic acids is 2. The van der Waals surface area contributed by atoms with Crippen LogP contribution in [0.15, 0.2) is 48.8 Å². The fraction of sp³-hybridized carbons (Fsp3) is 0.316. The van der Waals surface area contributed by atoms with Gasteiger partial charge in [0.2, 0.25) is 0 Å². The van der Waals surface area contributed by atoms with Gasteiger partial charge in [0.05, 0.1) is 18.8 Å². The average Bonchev–Trinajstić information content (AvgIpc) is 2.62. The Morgan fingerprint density at radius 1 is 1.08 bits per heavy atom. The number of aromatic nitrogens is 1. The van der Waals surface area contributed by atoms with Crippen LogP contribution in [0, 0.1) is 0 Å². The first-order valence-electron chi connectivity index (χ1n) is 8.18. The first-order chi connectivity index (χ1) is 12.0. The van der Waals surface area contributed by atoms with Crippen LogP contribution in [0.1, 0.15) is 34.6 Å². The molecule has 1 aromatic heterocycles. The maximum absolute atomic E-state index is 12.7. The van der Waals surface area contributed by atoms with Gasteiger partial charge in [0.25, 0.3) is 11.8 Å². The number of nitrogens with one attached hydrogen (secondary N) is 1. The molecule has 2 aromatic rings. The molecule has 0 saturated carbocycles. The third-order valence-corrected chi connectivity index (χ3v) is 4.22. The summed E-state index contributed by atoms with van der Waals surface area (Å²) in [6.07, 6.45) is 3.14. The fourth-order valence-electron chi connectivity index (χ4n) is 2.79. The van der Waals surface area contributed by atoms with E-state index in [1.807, 2.05) is 18.7 Å². The number of carbonyl (C=O) groups is 2. The number of hydrogen-bond acceptors (Lipinski definition) is 4. The standard InChI is InChI=1S/C19H21N3O3/c1-19(2)13-25-12-11-22(19)18(24)15-3-5-16(6-4-15)21-17(23)14-7-9-20-10-8-14/h3-10H,11-13H2,1-2H3,(H,21,23). The Morgan fingerprint density at radius 3 is 2.40 bits per heavy atom. The second-order valence-corrected chi connectivity index (χ2v) is 6.59. The minimum atomic E-state index is -0.330. The van der Waals surface area contributed by atoms with Crippen LogP contribution < -0.4 is 5.32 Å². The number of morpholine rings is 1. The molecule has 1 aliphatic rings. The first kappa shape index (κ1) is 17.1. The Labute approximate surface area is 146 Å². The number of benzene rings is 1. The number of pyridine rings is 1. The van der Waals surface area contributed by atoms with E-state index in [0.717, 1.165) is 0 Å². The SMILES string of the molecule is CC1(C)COCCN1C(=O)c1ccc(NC(=O)c2ccncc2)cc1. The van der Waals surface area contributed by atoms with Crippen LogP contribution in [0.2, 0.25) is 0 Å². The Hall–Kier alpha value is -2.73. The van der Waals surface area contributed by atoms with E-state index in [4.69, 9.17) is 4.74 Å². The number of rotatable bonds is 3. The van der Waals surface area contributed by atoms with Gasteiger partial charge >= 0.3 is 0 Å². The lowest BCUT2D eigenvalue weighted by atomic mass is 10.0. The van der Waals surface area contributed by atoms with Gasteiger partial charge in [-0.1, -0.05) is 0 Å². The molecular formula is C19H21N3O3. The Kier molecular flexibility index (Phi) is 4.81. The van der Waals surface area contributed by atoms with Crippen molar-refractivity contribution in [3.8, 4) is 0 Å². The van der Waals surface area contributed by atoms with Crippen molar-refractivity contribution < 1.29 is 14.3 Å². The van der Waals surface area contributed by atoms with Gasteiger partial charge in [-0.3, -0.25) is 14.6 Å². The van der Waals surface area contributed by atoms with Crippen molar-refractivity contribution in [2.75, 3.05) is 25.1 Å². The van der Waals surface area contributed by atoms with Gasteiger partial charge < -0.3 is 15.0 Å². The average molecular weight is 339 g/mol. The van der Waals surface area contributed by atoms with Crippen LogP contribution >= 0.6 is 0 Å². The third kappa shape index (κ3) is 3.85. The zero-order chi connectivity index (χ0) is 17.9. The van der Waals surface area contributed by atoms with Gasteiger partial charge in [-0.25, -0.2) is 0 Å². The van der Waals surface area contributed by atoms with Gasteiger partial charge in [-0.15, -0.1) is 0 Å².